The van der Waals surface area contributed by atoms with Crippen molar-refractivity contribution >= 4 is 39.8 Å². The molecule has 1 aromatic rings. The molecule has 1 fully saturated rings. The van der Waals surface area contributed by atoms with Gasteiger partial charge in [0.1, 0.15) is 12.4 Å². The Labute approximate surface area is 180 Å². The monoisotopic (exact) mass is 509 g/mol. The average Bonchev–Trinajstić information content (AvgIpc) is 2.64. The number of aliphatic imine (C=N–C) groups is 1. The first-order chi connectivity index (χ1) is 12.4. The molecule has 1 aliphatic rings. The standard InChI is InChI=1S/C19H31N3O3S.HI/c1-4-15-6-5-7-16(14-15)22-19(20-2)21-12-13-25-17-8-10-18(11-9-17)26(3,23)24;/h8-11,15-16H,4-7,12-14H2,1-3H3,(H2,20,21,22);1H. The van der Waals surface area contributed by atoms with E-state index in [-0.39, 0.29) is 24.0 Å². The first kappa shape index (κ1) is 24.0. The molecule has 1 saturated carbocycles. The van der Waals surface area contributed by atoms with E-state index in [9.17, 15) is 8.42 Å². The van der Waals surface area contributed by atoms with Gasteiger partial charge >= 0.3 is 0 Å². The van der Waals surface area contributed by atoms with E-state index < -0.39 is 9.84 Å². The summed E-state index contributed by atoms with van der Waals surface area (Å²) in [5.74, 6) is 2.28. The summed E-state index contributed by atoms with van der Waals surface area (Å²) in [5, 5.41) is 6.78. The summed E-state index contributed by atoms with van der Waals surface area (Å²) in [7, 11) is -1.39. The van der Waals surface area contributed by atoms with Crippen LogP contribution in [0.25, 0.3) is 0 Å². The number of hydrogen-bond donors (Lipinski definition) is 2. The predicted molar refractivity (Wildman–Crippen MR) is 121 cm³/mol. The smallest absolute Gasteiger partial charge is 0.191 e. The van der Waals surface area contributed by atoms with Crippen LogP contribution < -0.4 is 15.4 Å². The molecule has 0 saturated heterocycles. The van der Waals surface area contributed by atoms with E-state index >= 15 is 0 Å². The second-order valence-corrected chi connectivity index (χ2v) is 8.89. The van der Waals surface area contributed by atoms with Crippen LogP contribution in [0.5, 0.6) is 5.75 Å². The maximum absolute atomic E-state index is 11.4. The number of rotatable bonds is 7. The van der Waals surface area contributed by atoms with Crippen molar-refractivity contribution in [2.45, 2.75) is 50.0 Å². The van der Waals surface area contributed by atoms with Crippen LogP contribution in [0.3, 0.4) is 0 Å². The maximum Gasteiger partial charge on any atom is 0.191 e. The number of nitrogens with zero attached hydrogens (tertiary/aromatic N) is 1. The zero-order chi connectivity index (χ0) is 19.0. The van der Waals surface area contributed by atoms with Crippen LogP contribution in [0.4, 0.5) is 0 Å². The minimum atomic E-state index is -3.17. The van der Waals surface area contributed by atoms with Crippen LogP contribution in [-0.4, -0.2) is 46.9 Å². The Morgan fingerprint density at radius 2 is 1.96 bits per heavy atom. The lowest BCUT2D eigenvalue weighted by atomic mass is 9.84. The molecule has 2 unspecified atom stereocenters. The Kier molecular flexibility index (Phi) is 10.4. The van der Waals surface area contributed by atoms with E-state index in [4.69, 9.17) is 4.74 Å². The van der Waals surface area contributed by atoms with Crippen LogP contribution in [0.15, 0.2) is 34.2 Å². The number of ether oxygens (including phenoxy) is 1. The molecule has 1 aromatic carbocycles. The highest BCUT2D eigenvalue weighted by atomic mass is 127. The molecule has 0 bridgehead atoms. The summed E-state index contributed by atoms with van der Waals surface area (Å²) in [6.07, 6.45) is 7.46. The fourth-order valence-electron chi connectivity index (χ4n) is 3.30. The van der Waals surface area contributed by atoms with E-state index in [0.29, 0.717) is 29.8 Å². The molecule has 2 atom stereocenters. The van der Waals surface area contributed by atoms with Gasteiger partial charge in [-0.2, -0.15) is 0 Å². The molecule has 0 aromatic heterocycles. The van der Waals surface area contributed by atoms with Crippen LogP contribution in [-0.2, 0) is 9.84 Å². The molecule has 0 aliphatic heterocycles. The zero-order valence-corrected chi connectivity index (χ0v) is 19.5. The molecular formula is C19H32IN3O3S. The van der Waals surface area contributed by atoms with Gasteiger partial charge in [0, 0.05) is 19.3 Å². The minimum Gasteiger partial charge on any atom is -0.492 e. The summed E-state index contributed by atoms with van der Waals surface area (Å²) in [4.78, 5) is 4.59. The molecule has 2 N–H and O–H groups in total. The van der Waals surface area contributed by atoms with Crippen molar-refractivity contribution in [1.82, 2.24) is 10.6 Å². The molecule has 27 heavy (non-hydrogen) atoms. The first-order valence-electron chi connectivity index (χ1n) is 9.32. The third kappa shape index (κ3) is 8.25. The summed E-state index contributed by atoms with van der Waals surface area (Å²) < 4.78 is 28.5. The highest BCUT2D eigenvalue weighted by Gasteiger charge is 2.21. The van der Waals surface area contributed by atoms with Gasteiger partial charge in [0.15, 0.2) is 15.8 Å². The number of halogens is 1. The largest absolute Gasteiger partial charge is 0.492 e. The molecule has 154 valence electrons. The van der Waals surface area contributed by atoms with Gasteiger partial charge in [0.25, 0.3) is 0 Å². The van der Waals surface area contributed by atoms with E-state index in [1.54, 1.807) is 31.3 Å². The van der Waals surface area contributed by atoms with Gasteiger partial charge in [0.2, 0.25) is 0 Å². The second-order valence-electron chi connectivity index (χ2n) is 6.87. The van der Waals surface area contributed by atoms with Crippen LogP contribution in [0.1, 0.15) is 39.0 Å². The second kappa shape index (κ2) is 11.7. The Bertz CT molecular complexity index is 693. The molecule has 0 radical (unpaired) electrons. The highest BCUT2D eigenvalue weighted by Crippen LogP contribution is 2.26. The molecule has 1 aliphatic carbocycles. The van der Waals surface area contributed by atoms with Gasteiger partial charge in [-0.25, -0.2) is 8.42 Å². The normalized spacial score (nSPS) is 20.5. The van der Waals surface area contributed by atoms with Crippen molar-refractivity contribution in [3.05, 3.63) is 24.3 Å². The summed E-state index contributed by atoms with van der Waals surface area (Å²) in [5.41, 5.74) is 0. The molecular weight excluding hydrogens is 477 g/mol. The Hall–Kier alpha value is -1.03. The SMILES string of the molecule is CCC1CCCC(NC(=NC)NCCOc2ccc(S(C)(=O)=O)cc2)C1.I. The lowest BCUT2D eigenvalue weighted by Crippen LogP contribution is -2.46. The van der Waals surface area contributed by atoms with Crippen LogP contribution >= 0.6 is 24.0 Å². The summed E-state index contributed by atoms with van der Waals surface area (Å²) >= 11 is 0. The quantitative estimate of drug-likeness (QED) is 0.256. The minimum absolute atomic E-state index is 0. The van der Waals surface area contributed by atoms with Crippen LogP contribution in [0, 0.1) is 5.92 Å². The molecule has 0 amide bonds. The van der Waals surface area contributed by atoms with E-state index in [2.05, 4.69) is 22.5 Å². The third-order valence-corrected chi connectivity index (χ3v) is 5.97. The van der Waals surface area contributed by atoms with E-state index in [1.165, 1.54) is 38.4 Å². The maximum atomic E-state index is 11.4. The van der Waals surface area contributed by atoms with Crippen molar-refractivity contribution < 1.29 is 13.2 Å². The van der Waals surface area contributed by atoms with Crippen molar-refractivity contribution in [1.29, 1.82) is 0 Å². The van der Waals surface area contributed by atoms with Gasteiger partial charge in [-0.3, -0.25) is 4.99 Å². The molecule has 0 spiro atoms. The van der Waals surface area contributed by atoms with Gasteiger partial charge < -0.3 is 15.4 Å². The van der Waals surface area contributed by atoms with Crippen molar-refractivity contribution in [2.75, 3.05) is 26.5 Å². The summed E-state index contributed by atoms with van der Waals surface area (Å²) in [6, 6.07) is 6.97. The number of guanidine groups is 1. The predicted octanol–water partition coefficient (Wildman–Crippen LogP) is 3.22. The van der Waals surface area contributed by atoms with Gasteiger partial charge in [-0.1, -0.05) is 26.2 Å². The fraction of sp³-hybridized carbons (Fsp3) is 0.632. The summed E-state index contributed by atoms with van der Waals surface area (Å²) in [6.45, 7) is 3.36. The zero-order valence-electron chi connectivity index (χ0n) is 16.4. The Balaban J connectivity index is 0.00000364. The average molecular weight is 509 g/mol. The highest BCUT2D eigenvalue weighted by molar-refractivity contribution is 14.0. The van der Waals surface area contributed by atoms with Crippen molar-refractivity contribution in [3.63, 3.8) is 0 Å². The fourth-order valence-corrected chi connectivity index (χ4v) is 3.93. The van der Waals surface area contributed by atoms with E-state index in [1.807, 2.05) is 0 Å². The lowest BCUT2D eigenvalue weighted by Gasteiger charge is -2.30. The Morgan fingerprint density at radius 1 is 1.26 bits per heavy atom. The lowest BCUT2D eigenvalue weighted by molar-refractivity contribution is 0.296. The third-order valence-electron chi connectivity index (χ3n) is 4.84. The van der Waals surface area contributed by atoms with Gasteiger partial charge in [-0.05, 0) is 43.0 Å². The van der Waals surface area contributed by atoms with E-state index in [0.717, 1.165) is 11.9 Å². The number of benzene rings is 1. The first-order valence-corrected chi connectivity index (χ1v) is 11.2. The number of sulfone groups is 1. The molecule has 8 heteroatoms. The molecule has 6 nitrogen and oxygen atoms in total. The molecule has 2 rings (SSSR count). The number of hydrogen-bond acceptors (Lipinski definition) is 4. The van der Waals surface area contributed by atoms with Gasteiger partial charge in [-0.15, -0.1) is 24.0 Å². The van der Waals surface area contributed by atoms with Gasteiger partial charge in [0.05, 0.1) is 11.4 Å². The Morgan fingerprint density at radius 3 is 2.56 bits per heavy atom. The van der Waals surface area contributed by atoms with Crippen molar-refractivity contribution in [3.8, 4) is 5.75 Å². The molecule has 0 heterocycles. The number of nitrogens with one attached hydrogen (secondary N) is 2. The van der Waals surface area contributed by atoms with Crippen LogP contribution in [0.2, 0.25) is 0 Å². The van der Waals surface area contributed by atoms with Crippen molar-refractivity contribution in [2.24, 2.45) is 10.9 Å². The topological polar surface area (TPSA) is 79.8 Å².